The van der Waals surface area contributed by atoms with Gasteiger partial charge in [0.15, 0.2) is 0 Å². The third-order valence-electron chi connectivity index (χ3n) is 2.63. The number of thioether (sulfide) groups is 1. The number of carbonyl (C=O) groups is 1. The number of rotatable bonds is 7. The minimum absolute atomic E-state index is 0.109. The normalized spacial score (nSPS) is 11.9. The Morgan fingerprint density at radius 2 is 2.21 bits per heavy atom. The second kappa shape index (κ2) is 7.94. The van der Waals surface area contributed by atoms with E-state index in [-0.39, 0.29) is 11.9 Å². The molecule has 0 aliphatic carbocycles. The highest BCUT2D eigenvalue weighted by atomic mass is 32.2. The minimum Gasteiger partial charge on any atom is -0.494 e. The van der Waals surface area contributed by atoms with Gasteiger partial charge in [0, 0.05) is 23.4 Å². The van der Waals surface area contributed by atoms with E-state index >= 15 is 0 Å². The van der Waals surface area contributed by atoms with Gasteiger partial charge in [-0.2, -0.15) is 11.8 Å². The zero-order valence-electron chi connectivity index (χ0n) is 11.7. The van der Waals surface area contributed by atoms with Crippen molar-refractivity contribution < 1.29 is 9.53 Å². The van der Waals surface area contributed by atoms with Gasteiger partial charge >= 0.3 is 0 Å². The molecule has 0 fully saturated rings. The van der Waals surface area contributed by atoms with Gasteiger partial charge < -0.3 is 15.8 Å². The summed E-state index contributed by atoms with van der Waals surface area (Å²) in [5, 5.41) is 2.96. The molecule has 106 valence electrons. The summed E-state index contributed by atoms with van der Waals surface area (Å²) >= 11 is 1.77. The van der Waals surface area contributed by atoms with Gasteiger partial charge in [0.1, 0.15) is 5.75 Å². The third-order valence-corrected chi connectivity index (χ3v) is 3.28. The number of carbonyl (C=O) groups excluding carboxylic acids is 1. The summed E-state index contributed by atoms with van der Waals surface area (Å²) in [4.78, 5) is 12.1. The van der Waals surface area contributed by atoms with Gasteiger partial charge in [0.05, 0.1) is 6.61 Å². The van der Waals surface area contributed by atoms with Gasteiger partial charge in [-0.15, -0.1) is 0 Å². The smallest absolute Gasteiger partial charge is 0.251 e. The Kier molecular flexibility index (Phi) is 6.56. The van der Waals surface area contributed by atoms with Crippen LogP contribution in [0.5, 0.6) is 5.75 Å². The van der Waals surface area contributed by atoms with Crippen LogP contribution < -0.4 is 15.8 Å². The number of anilines is 1. The van der Waals surface area contributed by atoms with Crippen molar-refractivity contribution in [2.45, 2.75) is 26.3 Å². The number of hydrogen-bond acceptors (Lipinski definition) is 4. The average molecular weight is 282 g/mol. The molecule has 1 aromatic carbocycles. The highest BCUT2D eigenvalue weighted by Crippen LogP contribution is 2.19. The van der Waals surface area contributed by atoms with Crippen LogP contribution in [0.25, 0.3) is 0 Å². The second-order valence-corrected chi connectivity index (χ2v) is 5.37. The molecule has 0 aliphatic rings. The van der Waals surface area contributed by atoms with E-state index in [1.165, 1.54) is 0 Å². The lowest BCUT2D eigenvalue weighted by molar-refractivity contribution is 0.0939. The van der Waals surface area contributed by atoms with Crippen molar-refractivity contribution in [2.75, 3.05) is 24.3 Å². The van der Waals surface area contributed by atoms with Crippen LogP contribution in [0.4, 0.5) is 5.69 Å². The molecular formula is C14H22N2O2S. The lowest BCUT2D eigenvalue weighted by Gasteiger charge is -2.14. The van der Waals surface area contributed by atoms with Crippen molar-refractivity contribution in [1.29, 1.82) is 0 Å². The predicted molar refractivity (Wildman–Crippen MR) is 82.0 cm³/mol. The van der Waals surface area contributed by atoms with Crippen LogP contribution in [0.15, 0.2) is 18.2 Å². The molecule has 0 spiro atoms. The Labute approximate surface area is 119 Å². The van der Waals surface area contributed by atoms with Gasteiger partial charge in [-0.25, -0.2) is 0 Å². The fourth-order valence-corrected chi connectivity index (χ4v) is 2.27. The van der Waals surface area contributed by atoms with Crippen LogP contribution >= 0.6 is 11.8 Å². The molecular weight excluding hydrogens is 260 g/mol. The number of nitrogens with two attached hydrogens (primary N) is 1. The number of nitrogens with one attached hydrogen (secondary N) is 1. The molecule has 0 bridgehead atoms. The zero-order chi connectivity index (χ0) is 14.3. The largest absolute Gasteiger partial charge is 0.494 e. The maximum atomic E-state index is 12.1. The Bertz CT molecular complexity index is 424. The van der Waals surface area contributed by atoms with E-state index in [0.29, 0.717) is 23.6 Å². The number of ether oxygens (including phenoxy) is 1. The van der Waals surface area contributed by atoms with Crippen molar-refractivity contribution in [2.24, 2.45) is 0 Å². The summed E-state index contributed by atoms with van der Waals surface area (Å²) in [6.45, 7) is 4.45. The van der Waals surface area contributed by atoms with E-state index in [9.17, 15) is 4.79 Å². The van der Waals surface area contributed by atoms with E-state index in [0.717, 1.165) is 12.2 Å². The van der Waals surface area contributed by atoms with Crippen LogP contribution in [0.1, 0.15) is 30.6 Å². The van der Waals surface area contributed by atoms with Crippen molar-refractivity contribution in [3.63, 3.8) is 0 Å². The van der Waals surface area contributed by atoms with Gasteiger partial charge in [-0.05, 0) is 44.4 Å². The first-order valence-corrected chi connectivity index (χ1v) is 7.79. The highest BCUT2D eigenvalue weighted by molar-refractivity contribution is 7.98. The van der Waals surface area contributed by atoms with Crippen LogP contribution in [-0.2, 0) is 0 Å². The highest BCUT2D eigenvalue weighted by Gasteiger charge is 2.11. The van der Waals surface area contributed by atoms with E-state index in [4.69, 9.17) is 10.5 Å². The maximum Gasteiger partial charge on any atom is 0.251 e. The number of benzene rings is 1. The average Bonchev–Trinajstić information content (AvgIpc) is 2.36. The number of nitrogen functional groups attached to an aromatic ring is 1. The summed E-state index contributed by atoms with van der Waals surface area (Å²) in [5.74, 6) is 1.55. The molecule has 0 saturated heterocycles. The molecule has 1 rings (SSSR count). The predicted octanol–water partition coefficient (Wildman–Crippen LogP) is 2.54. The monoisotopic (exact) mass is 282 g/mol. The van der Waals surface area contributed by atoms with E-state index in [1.54, 1.807) is 30.0 Å². The topological polar surface area (TPSA) is 64.3 Å². The molecule has 4 nitrogen and oxygen atoms in total. The molecule has 0 aliphatic heterocycles. The number of amides is 1. The molecule has 1 aromatic rings. The Morgan fingerprint density at radius 1 is 1.47 bits per heavy atom. The SMILES string of the molecule is CCOc1cc(N)cc(C(=O)NC(C)CCSC)c1. The van der Waals surface area contributed by atoms with Crippen molar-refractivity contribution in [3.05, 3.63) is 23.8 Å². The molecule has 1 amide bonds. The summed E-state index contributed by atoms with van der Waals surface area (Å²) < 4.78 is 5.38. The standard InChI is InChI=1S/C14H22N2O2S/c1-4-18-13-8-11(7-12(15)9-13)14(17)16-10(2)5-6-19-3/h7-10H,4-6,15H2,1-3H3,(H,16,17). The fraction of sp³-hybridized carbons (Fsp3) is 0.500. The Balaban J connectivity index is 2.70. The molecule has 3 N–H and O–H groups in total. The summed E-state index contributed by atoms with van der Waals surface area (Å²) in [6, 6.07) is 5.25. The summed E-state index contributed by atoms with van der Waals surface area (Å²) in [7, 11) is 0. The lowest BCUT2D eigenvalue weighted by atomic mass is 10.1. The molecule has 5 heteroatoms. The van der Waals surface area contributed by atoms with Gasteiger partial charge in [-0.1, -0.05) is 0 Å². The van der Waals surface area contributed by atoms with Crippen LogP contribution in [0.2, 0.25) is 0 Å². The Morgan fingerprint density at radius 3 is 2.84 bits per heavy atom. The van der Waals surface area contributed by atoms with Gasteiger partial charge in [0.25, 0.3) is 5.91 Å². The van der Waals surface area contributed by atoms with E-state index in [2.05, 4.69) is 11.6 Å². The Hall–Kier alpha value is -1.36. The van der Waals surface area contributed by atoms with Crippen LogP contribution in [-0.4, -0.2) is 30.6 Å². The summed E-state index contributed by atoms with van der Waals surface area (Å²) in [6.07, 6.45) is 3.01. The van der Waals surface area contributed by atoms with Crippen LogP contribution in [0.3, 0.4) is 0 Å². The van der Waals surface area contributed by atoms with Crippen LogP contribution in [0, 0.1) is 0 Å². The first-order chi connectivity index (χ1) is 9.06. The van der Waals surface area contributed by atoms with Crippen molar-refractivity contribution >= 4 is 23.4 Å². The molecule has 19 heavy (non-hydrogen) atoms. The molecule has 1 unspecified atom stereocenters. The fourth-order valence-electron chi connectivity index (χ4n) is 1.68. The third kappa shape index (κ3) is 5.42. The molecule has 1 atom stereocenters. The van der Waals surface area contributed by atoms with Gasteiger partial charge in [-0.3, -0.25) is 4.79 Å². The molecule has 0 aromatic heterocycles. The first-order valence-electron chi connectivity index (χ1n) is 6.40. The van der Waals surface area contributed by atoms with Crippen molar-refractivity contribution in [1.82, 2.24) is 5.32 Å². The first kappa shape index (κ1) is 15.7. The maximum absolute atomic E-state index is 12.1. The number of hydrogen-bond donors (Lipinski definition) is 2. The molecule has 0 saturated carbocycles. The zero-order valence-corrected chi connectivity index (χ0v) is 12.5. The van der Waals surface area contributed by atoms with E-state index < -0.39 is 0 Å². The van der Waals surface area contributed by atoms with Crippen molar-refractivity contribution in [3.8, 4) is 5.75 Å². The summed E-state index contributed by atoms with van der Waals surface area (Å²) in [5.41, 5.74) is 6.85. The molecule has 0 heterocycles. The lowest BCUT2D eigenvalue weighted by Crippen LogP contribution is -2.33. The minimum atomic E-state index is -0.109. The molecule has 0 radical (unpaired) electrons. The van der Waals surface area contributed by atoms with E-state index in [1.807, 2.05) is 13.8 Å². The van der Waals surface area contributed by atoms with Gasteiger partial charge in [0.2, 0.25) is 0 Å². The quantitative estimate of drug-likeness (QED) is 0.754. The second-order valence-electron chi connectivity index (χ2n) is 4.38.